The van der Waals surface area contributed by atoms with Gasteiger partial charge in [-0.1, -0.05) is 20.8 Å². The molecule has 8 nitrogen and oxygen atoms in total. The van der Waals surface area contributed by atoms with Crippen molar-refractivity contribution in [1.29, 1.82) is 0 Å². The molecule has 0 radical (unpaired) electrons. The van der Waals surface area contributed by atoms with Gasteiger partial charge < -0.3 is 9.88 Å². The smallest absolute Gasteiger partial charge is 0.270 e. The molecule has 0 aromatic carbocycles. The summed E-state index contributed by atoms with van der Waals surface area (Å²) in [4.78, 5) is 16.8. The van der Waals surface area contributed by atoms with Crippen molar-refractivity contribution in [2.75, 3.05) is 17.8 Å². The fraction of sp³-hybridized carbons (Fsp3) is 0.500. The molecule has 0 spiro atoms. The Morgan fingerprint density at radius 2 is 1.92 bits per heavy atom. The number of hydrogen-bond acceptors (Lipinski definition) is 4. The summed E-state index contributed by atoms with van der Waals surface area (Å²) in [5, 5.41) is 6.83. The van der Waals surface area contributed by atoms with Gasteiger partial charge in [-0.05, 0) is 18.9 Å². The number of H-pyrrole nitrogens is 2. The third-order valence-corrected chi connectivity index (χ3v) is 5.55. The average Bonchev–Trinajstić information content (AvgIpc) is 3.26. The molecule has 0 unspecified atom stereocenters. The van der Waals surface area contributed by atoms with Gasteiger partial charge in [0.1, 0.15) is 10.6 Å². The standard InChI is InChI=1S/C16H23N5O3S/c1-16(2,3)13-9-14(19-18-13)20-25(23,24)11-8-12(17-10-11)15(22)21-6-4-5-7-21/h8-10,17H,4-7H2,1-3H3,(H2,18,19,20). The first-order chi connectivity index (χ1) is 11.7. The van der Waals surface area contributed by atoms with E-state index in [2.05, 4.69) is 19.9 Å². The summed E-state index contributed by atoms with van der Waals surface area (Å²) in [6.45, 7) is 7.42. The summed E-state index contributed by atoms with van der Waals surface area (Å²) in [5.41, 5.74) is 0.934. The van der Waals surface area contributed by atoms with Crippen molar-refractivity contribution in [3.8, 4) is 0 Å². The Kier molecular flexibility index (Phi) is 4.36. The minimum absolute atomic E-state index is 0.00959. The van der Waals surface area contributed by atoms with Crippen molar-refractivity contribution in [3.63, 3.8) is 0 Å². The zero-order chi connectivity index (χ0) is 18.2. The predicted molar refractivity (Wildman–Crippen MR) is 94.0 cm³/mol. The molecule has 0 aliphatic carbocycles. The van der Waals surface area contributed by atoms with Gasteiger partial charge >= 0.3 is 0 Å². The molecular weight excluding hydrogens is 342 g/mol. The van der Waals surface area contributed by atoms with Crippen LogP contribution in [-0.4, -0.2) is 47.5 Å². The molecule has 3 N–H and O–H groups in total. The molecule has 1 amide bonds. The Hall–Kier alpha value is -2.29. The quantitative estimate of drug-likeness (QED) is 0.770. The highest BCUT2D eigenvalue weighted by molar-refractivity contribution is 7.92. The molecule has 1 aliphatic heterocycles. The van der Waals surface area contributed by atoms with Gasteiger partial charge in [0.2, 0.25) is 0 Å². The lowest BCUT2D eigenvalue weighted by molar-refractivity contribution is 0.0787. The molecule has 2 aromatic heterocycles. The highest BCUT2D eigenvalue weighted by Crippen LogP contribution is 2.24. The number of nitrogens with zero attached hydrogens (tertiary/aromatic N) is 2. The Labute approximate surface area is 147 Å². The number of nitrogens with one attached hydrogen (secondary N) is 3. The third kappa shape index (κ3) is 3.71. The summed E-state index contributed by atoms with van der Waals surface area (Å²) < 4.78 is 27.4. The number of carbonyl (C=O) groups excluding carboxylic acids is 1. The molecule has 1 saturated heterocycles. The summed E-state index contributed by atoms with van der Waals surface area (Å²) in [5.74, 6) is 0.0484. The highest BCUT2D eigenvalue weighted by Gasteiger charge is 2.25. The molecular formula is C16H23N5O3S. The highest BCUT2D eigenvalue weighted by atomic mass is 32.2. The Bertz CT molecular complexity index is 870. The maximum absolute atomic E-state index is 12.5. The molecule has 0 atom stereocenters. The van der Waals surface area contributed by atoms with Gasteiger partial charge in [-0.15, -0.1) is 0 Å². The Morgan fingerprint density at radius 3 is 2.52 bits per heavy atom. The molecule has 2 aromatic rings. The van der Waals surface area contributed by atoms with Crippen LogP contribution in [0, 0.1) is 0 Å². The lowest BCUT2D eigenvalue weighted by atomic mass is 9.92. The van der Waals surface area contributed by atoms with E-state index in [0.29, 0.717) is 13.1 Å². The van der Waals surface area contributed by atoms with Crippen LogP contribution in [0.15, 0.2) is 23.2 Å². The fourth-order valence-corrected chi connectivity index (χ4v) is 3.68. The van der Waals surface area contributed by atoms with Gasteiger partial charge in [0, 0.05) is 36.5 Å². The van der Waals surface area contributed by atoms with Crippen LogP contribution in [-0.2, 0) is 15.4 Å². The molecule has 9 heteroatoms. The summed E-state index contributed by atoms with van der Waals surface area (Å²) in [6.07, 6.45) is 3.28. The van der Waals surface area contributed by atoms with Crippen molar-refractivity contribution in [2.24, 2.45) is 0 Å². The lowest BCUT2D eigenvalue weighted by Gasteiger charge is -2.14. The maximum Gasteiger partial charge on any atom is 0.270 e. The van der Waals surface area contributed by atoms with Gasteiger partial charge in [-0.3, -0.25) is 14.6 Å². The molecule has 0 saturated carbocycles. The summed E-state index contributed by atoms with van der Waals surface area (Å²) in [7, 11) is -3.82. The van der Waals surface area contributed by atoms with Crippen LogP contribution in [0.3, 0.4) is 0 Å². The first kappa shape index (κ1) is 17.5. The first-order valence-corrected chi connectivity index (χ1v) is 9.71. The van der Waals surface area contributed by atoms with E-state index in [1.807, 2.05) is 20.8 Å². The van der Waals surface area contributed by atoms with Gasteiger partial charge in [0.05, 0.1) is 0 Å². The fourth-order valence-electron chi connectivity index (χ4n) is 2.70. The number of sulfonamides is 1. The molecule has 0 bridgehead atoms. The van der Waals surface area contributed by atoms with E-state index in [1.54, 1.807) is 11.0 Å². The second kappa shape index (κ2) is 6.21. The number of rotatable bonds is 4. The average molecular weight is 365 g/mol. The van der Waals surface area contributed by atoms with Crippen molar-refractivity contribution in [3.05, 3.63) is 29.7 Å². The number of likely N-dealkylation sites (tertiary alicyclic amines) is 1. The number of carbonyl (C=O) groups is 1. The normalized spacial score (nSPS) is 15.6. The predicted octanol–water partition coefficient (Wildman–Crippen LogP) is 2.07. The van der Waals surface area contributed by atoms with Crippen molar-refractivity contribution < 1.29 is 13.2 Å². The van der Waals surface area contributed by atoms with E-state index >= 15 is 0 Å². The van der Waals surface area contributed by atoms with E-state index in [4.69, 9.17) is 0 Å². The second-order valence-electron chi connectivity index (χ2n) is 7.27. The maximum atomic E-state index is 12.5. The van der Waals surface area contributed by atoms with E-state index < -0.39 is 10.0 Å². The van der Waals surface area contributed by atoms with E-state index in [1.165, 1.54) is 12.3 Å². The Balaban J connectivity index is 1.76. The minimum Gasteiger partial charge on any atom is -0.356 e. The van der Waals surface area contributed by atoms with Crippen LogP contribution < -0.4 is 4.72 Å². The van der Waals surface area contributed by atoms with Gasteiger partial charge in [-0.2, -0.15) is 5.10 Å². The molecule has 1 fully saturated rings. The lowest BCUT2D eigenvalue weighted by Crippen LogP contribution is -2.27. The number of anilines is 1. The van der Waals surface area contributed by atoms with Crippen LogP contribution in [0.1, 0.15) is 49.8 Å². The van der Waals surface area contributed by atoms with Crippen molar-refractivity contribution >= 4 is 21.7 Å². The molecule has 3 rings (SSSR count). The zero-order valence-corrected chi connectivity index (χ0v) is 15.4. The van der Waals surface area contributed by atoms with Crippen LogP contribution in [0.2, 0.25) is 0 Å². The number of aromatic nitrogens is 3. The van der Waals surface area contributed by atoms with Crippen LogP contribution >= 0.6 is 0 Å². The topological polar surface area (TPSA) is 111 Å². The number of aromatic amines is 2. The van der Waals surface area contributed by atoms with E-state index in [0.717, 1.165) is 18.5 Å². The Morgan fingerprint density at radius 1 is 1.24 bits per heavy atom. The van der Waals surface area contributed by atoms with Crippen LogP contribution in [0.5, 0.6) is 0 Å². The second-order valence-corrected chi connectivity index (χ2v) is 8.95. The minimum atomic E-state index is -3.82. The summed E-state index contributed by atoms with van der Waals surface area (Å²) in [6, 6.07) is 3.03. The van der Waals surface area contributed by atoms with Gasteiger partial charge in [-0.25, -0.2) is 8.42 Å². The van der Waals surface area contributed by atoms with Gasteiger partial charge in [0.25, 0.3) is 15.9 Å². The van der Waals surface area contributed by atoms with Crippen molar-refractivity contribution in [2.45, 2.75) is 43.9 Å². The SMILES string of the molecule is CC(C)(C)c1cc(NS(=O)(=O)c2c[nH]c(C(=O)N3CCCC3)c2)n[nH]1. The van der Waals surface area contributed by atoms with Crippen LogP contribution in [0.4, 0.5) is 5.82 Å². The zero-order valence-electron chi connectivity index (χ0n) is 14.6. The molecule has 3 heterocycles. The number of amides is 1. The molecule has 1 aliphatic rings. The largest absolute Gasteiger partial charge is 0.356 e. The third-order valence-electron chi connectivity index (χ3n) is 4.22. The van der Waals surface area contributed by atoms with E-state index in [9.17, 15) is 13.2 Å². The van der Waals surface area contributed by atoms with Crippen LogP contribution in [0.25, 0.3) is 0 Å². The molecule has 136 valence electrons. The first-order valence-electron chi connectivity index (χ1n) is 8.23. The summed E-state index contributed by atoms with van der Waals surface area (Å²) >= 11 is 0. The van der Waals surface area contributed by atoms with Crippen molar-refractivity contribution in [1.82, 2.24) is 20.1 Å². The monoisotopic (exact) mass is 365 g/mol. The van der Waals surface area contributed by atoms with E-state index in [-0.39, 0.29) is 27.7 Å². The molecule has 25 heavy (non-hydrogen) atoms. The van der Waals surface area contributed by atoms with Gasteiger partial charge in [0.15, 0.2) is 5.82 Å². The number of hydrogen-bond donors (Lipinski definition) is 3.